The number of aromatic nitrogens is 1. The minimum Gasteiger partial charge on any atom is -0.308 e. The summed E-state index contributed by atoms with van der Waals surface area (Å²) in [6.45, 7) is 0. The maximum Gasteiger partial charge on any atom is 0.0727 e. The van der Waals surface area contributed by atoms with Gasteiger partial charge in [-0.1, -0.05) is 84.9 Å². The molecule has 8 aromatic rings. The van der Waals surface area contributed by atoms with Crippen molar-refractivity contribution in [3.05, 3.63) is 115 Å². The summed E-state index contributed by atoms with van der Waals surface area (Å²) in [6, 6.07) is 41.9. The second kappa shape index (κ2) is 7.29. The molecule has 8 rings (SSSR count). The van der Waals surface area contributed by atoms with Crippen LogP contribution >= 0.6 is 22.7 Å². The first-order valence-electron chi connectivity index (χ1n) is 11.8. The van der Waals surface area contributed by atoms with Crippen LogP contribution in [0.2, 0.25) is 0 Å². The molecule has 0 aliphatic carbocycles. The number of rotatable bonds is 2. The van der Waals surface area contributed by atoms with E-state index in [4.69, 9.17) is 0 Å². The van der Waals surface area contributed by atoms with E-state index in [-0.39, 0.29) is 0 Å². The Morgan fingerprint density at radius 2 is 1.14 bits per heavy atom. The van der Waals surface area contributed by atoms with Gasteiger partial charge in [-0.3, -0.25) is 0 Å². The second-order valence-electron chi connectivity index (χ2n) is 8.93. The van der Waals surface area contributed by atoms with Crippen molar-refractivity contribution >= 4 is 74.1 Å². The number of hydrogen-bond donors (Lipinski definition) is 0. The molecule has 164 valence electrons. The van der Waals surface area contributed by atoms with Crippen LogP contribution in [0.4, 0.5) is 0 Å². The topological polar surface area (TPSA) is 4.93 Å². The molecule has 0 N–H and O–H groups in total. The monoisotopic (exact) mass is 481 g/mol. The molecule has 0 radical (unpaired) electrons. The van der Waals surface area contributed by atoms with Gasteiger partial charge in [0.15, 0.2) is 0 Å². The molecule has 0 unspecified atom stereocenters. The normalized spacial score (nSPS) is 12.0. The average molecular weight is 482 g/mol. The molecule has 3 heterocycles. The molecule has 3 heteroatoms. The van der Waals surface area contributed by atoms with Gasteiger partial charge in [0.1, 0.15) is 0 Å². The number of nitrogens with zero attached hydrogens (tertiary/aromatic N) is 1. The van der Waals surface area contributed by atoms with E-state index in [1.165, 1.54) is 68.2 Å². The van der Waals surface area contributed by atoms with Gasteiger partial charge in [-0.05, 0) is 35.9 Å². The van der Waals surface area contributed by atoms with Crippen molar-refractivity contribution in [2.24, 2.45) is 0 Å². The molecule has 5 aromatic carbocycles. The van der Waals surface area contributed by atoms with Crippen molar-refractivity contribution < 1.29 is 0 Å². The molecular weight excluding hydrogens is 462 g/mol. The van der Waals surface area contributed by atoms with Gasteiger partial charge in [0.05, 0.1) is 15.7 Å². The van der Waals surface area contributed by atoms with Crippen molar-refractivity contribution in [1.29, 1.82) is 0 Å². The standard InChI is InChI=1S/C32H19NS2/c1-2-10-20(11-3-1)33-26-17-6-4-12-23(26)32-30(33)25-16-8-15-22(31(25)35-32)21-14-9-19-28-29(21)24-13-5-7-18-27(24)34-28/h1-19H. The molecule has 35 heavy (non-hydrogen) atoms. The lowest BCUT2D eigenvalue weighted by Gasteiger charge is -2.09. The number of fused-ring (bicyclic) bond motifs is 8. The first-order valence-corrected chi connectivity index (χ1v) is 13.4. The summed E-state index contributed by atoms with van der Waals surface area (Å²) < 4.78 is 7.85. The Labute approximate surface area is 210 Å². The molecule has 0 atom stereocenters. The van der Waals surface area contributed by atoms with Gasteiger partial charge in [-0.2, -0.15) is 0 Å². The van der Waals surface area contributed by atoms with E-state index in [0.717, 1.165) is 0 Å². The van der Waals surface area contributed by atoms with Crippen LogP contribution in [0.15, 0.2) is 115 Å². The smallest absolute Gasteiger partial charge is 0.0727 e. The van der Waals surface area contributed by atoms with Gasteiger partial charge in [-0.25, -0.2) is 0 Å². The molecule has 0 bridgehead atoms. The molecular formula is C32H19NS2. The molecule has 0 saturated carbocycles. The molecule has 3 aromatic heterocycles. The first kappa shape index (κ1) is 19.4. The average Bonchev–Trinajstić information content (AvgIpc) is 3.58. The molecule has 0 spiro atoms. The summed E-state index contributed by atoms with van der Waals surface area (Å²) >= 11 is 3.81. The molecule has 0 fully saturated rings. The number of thiophene rings is 2. The summed E-state index contributed by atoms with van der Waals surface area (Å²) in [5.41, 5.74) is 6.42. The van der Waals surface area contributed by atoms with E-state index in [1.807, 2.05) is 22.7 Å². The summed E-state index contributed by atoms with van der Waals surface area (Å²) in [5, 5.41) is 5.35. The zero-order chi connectivity index (χ0) is 22.9. The molecule has 0 amide bonds. The Morgan fingerprint density at radius 1 is 0.457 bits per heavy atom. The maximum atomic E-state index is 2.44. The minimum atomic E-state index is 1.20. The van der Waals surface area contributed by atoms with Crippen molar-refractivity contribution in [2.45, 2.75) is 0 Å². The van der Waals surface area contributed by atoms with E-state index in [1.54, 1.807) is 0 Å². The number of para-hydroxylation sites is 2. The van der Waals surface area contributed by atoms with Crippen LogP contribution in [0.1, 0.15) is 0 Å². The van der Waals surface area contributed by atoms with Crippen molar-refractivity contribution in [3.63, 3.8) is 0 Å². The van der Waals surface area contributed by atoms with Crippen LogP contribution in [0, 0.1) is 0 Å². The Kier molecular flexibility index (Phi) is 4.04. The van der Waals surface area contributed by atoms with E-state index >= 15 is 0 Å². The highest BCUT2D eigenvalue weighted by Gasteiger charge is 2.20. The fourth-order valence-electron chi connectivity index (χ4n) is 5.55. The maximum absolute atomic E-state index is 2.44. The van der Waals surface area contributed by atoms with Crippen LogP contribution in [0.3, 0.4) is 0 Å². The predicted molar refractivity (Wildman–Crippen MR) is 154 cm³/mol. The van der Waals surface area contributed by atoms with E-state index in [9.17, 15) is 0 Å². The van der Waals surface area contributed by atoms with Crippen molar-refractivity contribution in [1.82, 2.24) is 4.57 Å². The third kappa shape index (κ3) is 2.68. The number of hydrogen-bond acceptors (Lipinski definition) is 2. The zero-order valence-electron chi connectivity index (χ0n) is 18.7. The van der Waals surface area contributed by atoms with Crippen LogP contribution < -0.4 is 0 Å². The van der Waals surface area contributed by atoms with Crippen LogP contribution in [0.25, 0.3) is 68.2 Å². The van der Waals surface area contributed by atoms with Gasteiger partial charge in [0, 0.05) is 46.9 Å². The second-order valence-corrected chi connectivity index (χ2v) is 11.0. The Hall–Kier alpha value is -3.92. The van der Waals surface area contributed by atoms with Gasteiger partial charge >= 0.3 is 0 Å². The quantitative estimate of drug-likeness (QED) is 0.231. The van der Waals surface area contributed by atoms with E-state index in [0.29, 0.717) is 0 Å². The lowest BCUT2D eigenvalue weighted by Crippen LogP contribution is -1.92. The Morgan fingerprint density at radius 3 is 2.06 bits per heavy atom. The highest BCUT2D eigenvalue weighted by molar-refractivity contribution is 7.27. The fraction of sp³-hybridized carbons (Fsp3) is 0. The van der Waals surface area contributed by atoms with Crippen molar-refractivity contribution in [2.75, 3.05) is 0 Å². The van der Waals surface area contributed by atoms with Crippen LogP contribution in [-0.2, 0) is 0 Å². The molecule has 0 saturated heterocycles. The summed E-state index contributed by atoms with van der Waals surface area (Å²) in [4.78, 5) is 0. The fourth-order valence-corrected chi connectivity index (χ4v) is 8.03. The molecule has 0 aliphatic heterocycles. The van der Waals surface area contributed by atoms with E-state index in [2.05, 4.69) is 120 Å². The lowest BCUT2D eigenvalue weighted by atomic mass is 9.98. The van der Waals surface area contributed by atoms with Gasteiger partial charge in [-0.15, -0.1) is 22.7 Å². The van der Waals surface area contributed by atoms with E-state index < -0.39 is 0 Å². The first-order chi connectivity index (χ1) is 17.4. The van der Waals surface area contributed by atoms with Crippen molar-refractivity contribution in [3.8, 4) is 16.8 Å². The molecule has 1 nitrogen and oxygen atoms in total. The third-order valence-corrected chi connectivity index (χ3v) is 9.41. The lowest BCUT2D eigenvalue weighted by molar-refractivity contribution is 1.19. The highest BCUT2D eigenvalue weighted by atomic mass is 32.1. The van der Waals surface area contributed by atoms with Gasteiger partial charge in [0.25, 0.3) is 0 Å². The van der Waals surface area contributed by atoms with Crippen LogP contribution in [-0.4, -0.2) is 4.57 Å². The SMILES string of the molecule is c1ccc(-n2c3ccccc3c3sc4c(-c5cccc6sc7ccccc7c56)cccc4c32)cc1. The highest BCUT2D eigenvalue weighted by Crippen LogP contribution is 2.47. The Balaban J connectivity index is 1.53. The summed E-state index contributed by atoms with van der Waals surface area (Å²) in [5.74, 6) is 0. The number of benzene rings is 5. The largest absolute Gasteiger partial charge is 0.308 e. The summed E-state index contributed by atoms with van der Waals surface area (Å²) in [7, 11) is 0. The van der Waals surface area contributed by atoms with Gasteiger partial charge < -0.3 is 4.57 Å². The Bertz CT molecular complexity index is 2050. The minimum absolute atomic E-state index is 1.20. The predicted octanol–water partition coefficient (Wildman–Crippen LogP) is 10.0. The van der Waals surface area contributed by atoms with Gasteiger partial charge in [0.2, 0.25) is 0 Å². The zero-order valence-corrected chi connectivity index (χ0v) is 20.4. The van der Waals surface area contributed by atoms with Crippen LogP contribution in [0.5, 0.6) is 0 Å². The molecule has 0 aliphatic rings. The third-order valence-electron chi connectivity index (χ3n) is 7.01. The summed E-state index contributed by atoms with van der Waals surface area (Å²) in [6.07, 6.45) is 0.